The van der Waals surface area contributed by atoms with Crippen molar-refractivity contribution in [2.24, 2.45) is 5.41 Å². The third-order valence-electron chi connectivity index (χ3n) is 5.57. The average Bonchev–Trinajstić information content (AvgIpc) is 2.63. The van der Waals surface area contributed by atoms with E-state index in [1.807, 2.05) is 12.4 Å². The standard InChI is InChI=1S/C22H41N3/c1-7-11-13-20(14-12-8-2)25(16-15-22(5,6)10-4)21-23-17-19(9-3)18-24-21/h17-18,20H,7-16H2,1-6H3. The number of aryl methyl sites for hydroxylation is 1. The zero-order chi connectivity index (χ0) is 18.7. The molecule has 0 aliphatic rings. The molecule has 1 heterocycles. The van der Waals surface area contributed by atoms with Crippen LogP contribution in [0.15, 0.2) is 12.4 Å². The summed E-state index contributed by atoms with van der Waals surface area (Å²) in [5, 5.41) is 0. The normalized spacial score (nSPS) is 12.0. The molecule has 144 valence electrons. The van der Waals surface area contributed by atoms with Crippen molar-refractivity contribution in [1.82, 2.24) is 9.97 Å². The van der Waals surface area contributed by atoms with Crippen LogP contribution in [0.3, 0.4) is 0 Å². The van der Waals surface area contributed by atoms with Gasteiger partial charge in [-0.2, -0.15) is 0 Å². The Morgan fingerprint density at radius 1 is 0.960 bits per heavy atom. The fourth-order valence-electron chi connectivity index (χ4n) is 3.06. The highest BCUT2D eigenvalue weighted by atomic mass is 15.3. The van der Waals surface area contributed by atoms with Gasteiger partial charge in [-0.1, -0.05) is 73.6 Å². The SMILES string of the molecule is CCCCC(CCCC)N(CCC(C)(C)CC)c1ncc(CC)cn1. The van der Waals surface area contributed by atoms with Crippen molar-refractivity contribution >= 4 is 5.95 Å². The Morgan fingerprint density at radius 2 is 1.52 bits per heavy atom. The summed E-state index contributed by atoms with van der Waals surface area (Å²) in [5.41, 5.74) is 1.60. The van der Waals surface area contributed by atoms with E-state index in [9.17, 15) is 0 Å². The molecule has 3 nitrogen and oxygen atoms in total. The van der Waals surface area contributed by atoms with Crippen molar-refractivity contribution in [2.75, 3.05) is 11.4 Å². The summed E-state index contributed by atoms with van der Waals surface area (Å²) in [6, 6.07) is 0.569. The van der Waals surface area contributed by atoms with Crippen LogP contribution in [0.1, 0.15) is 98.5 Å². The molecule has 0 saturated carbocycles. The summed E-state index contributed by atoms with van der Waals surface area (Å²) in [6.45, 7) is 14.8. The van der Waals surface area contributed by atoms with Crippen molar-refractivity contribution in [3.63, 3.8) is 0 Å². The average molecular weight is 348 g/mol. The van der Waals surface area contributed by atoms with Gasteiger partial charge >= 0.3 is 0 Å². The maximum atomic E-state index is 4.73. The third kappa shape index (κ3) is 7.75. The molecule has 0 bridgehead atoms. The first-order chi connectivity index (χ1) is 12.0. The summed E-state index contributed by atoms with van der Waals surface area (Å²) in [7, 11) is 0. The zero-order valence-corrected chi connectivity index (χ0v) is 17.6. The molecule has 0 unspecified atom stereocenters. The van der Waals surface area contributed by atoms with E-state index < -0.39 is 0 Å². The maximum Gasteiger partial charge on any atom is 0.225 e. The highest BCUT2D eigenvalue weighted by Crippen LogP contribution is 2.28. The van der Waals surface area contributed by atoms with Gasteiger partial charge in [0.1, 0.15) is 0 Å². The van der Waals surface area contributed by atoms with E-state index in [1.54, 1.807) is 0 Å². The van der Waals surface area contributed by atoms with Gasteiger partial charge in [0.25, 0.3) is 0 Å². The number of nitrogens with zero attached hydrogens (tertiary/aromatic N) is 3. The largest absolute Gasteiger partial charge is 0.338 e. The Bertz CT molecular complexity index is 445. The highest BCUT2D eigenvalue weighted by molar-refractivity contribution is 5.32. The molecule has 0 aliphatic carbocycles. The molecule has 0 fully saturated rings. The van der Waals surface area contributed by atoms with Crippen molar-refractivity contribution in [3.05, 3.63) is 18.0 Å². The third-order valence-corrected chi connectivity index (χ3v) is 5.57. The summed E-state index contributed by atoms with van der Waals surface area (Å²) >= 11 is 0. The van der Waals surface area contributed by atoms with Crippen LogP contribution in [0.25, 0.3) is 0 Å². The molecule has 1 rings (SSSR count). The summed E-state index contributed by atoms with van der Waals surface area (Å²) in [5.74, 6) is 0.932. The number of hydrogen-bond donors (Lipinski definition) is 0. The van der Waals surface area contributed by atoms with Gasteiger partial charge in [0, 0.05) is 25.0 Å². The van der Waals surface area contributed by atoms with Crippen LogP contribution in [0.2, 0.25) is 0 Å². The number of hydrogen-bond acceptors (Lipinski definition) is 3. The van der Waals surface area contributed by atoms with E-state index in [4.69, 9.17) is 9.97 Å². The lowest BCUT2D eigenvalue weighted by atomic mass is 9.86. The van der Waals surface area contributed by atoms with Gasteiger partial charge in [0.15, 0.2) is 0 Å². The molecule has 0 atom stereocenters. The van der Waals surface area contributed by atoms with Crippen molar-refractivity contribution < 1.29 is 0 Å². The fraction of sp³-hybridized carbons (Fsp3) is 0.818. The minimum Gasteiger partial charge on any atom is -0.338 e. The summed E-state index contributed by atoms with van der Waals surface area (Å²) < 4.78 is 0. The van der Waals surface area contributed by atoms with E-state index in [-0.39, 0.29) is 0 Å². The molecule has 0 aromatic carbocycles. The van der Waals surface area contributed by atoms with Gasteiger partial charge in [0.05, 0.1) is 0 Å². The Balaban J connectivity index is 2.99. The molecule has 25 heavy (non-hydrogen) atoms. The minimum atomic E-state index is 0.377. The van der Waals surface area contributed by atoms with Gasteiger partial charge in [-0.05, 0) is 36.7 Å². The van der Waals surface area contributed by atoms with Gasteiger partial charge in [-0.15, -0.1) is 0 Å². The van der Waals surface area contributed by atoms with Crippen LogP contribution in [0, 0.1) is 5.41 Å². The molecule has 0 spiro atoms. The Hall–Kier alpha value is -1.12. The highest BCUT2D eigenvalue weighted by Gasteiger charge is 2.24. The molecule has 0 aliphatic heterocycles. The topological polar surface area (TPSA) is 29.0 Å². The second-order valence-electron chi connectivity index (χ2n) is 8.14. The van der Waals surface area contributed by atoms with Gasteiger partial charge in [0.2, 0.25) is 5.95 Å². The molecule has 0 saturated heterocycles. The first-order valence-electron chi connectivity index (χ1n) is 10.5. The first-order valence-corrected chi connectivity index (χ1v) is 10.5. The van der Waals surface area contributed by atoms with Crippen molar-refractivity contribution in [2.45, 2.75) is 105 Å². The lowest BCUT2D eigenvalue weighted by Gasteiger charge is -2.35. The van der Waals surface area contributed by atoms with E-state index in [2.05, 4.69) is 46.4 Å². The molecule has 0 amide bonds. The van der Waals surface area contributed by atoms with E-state index in [0.717, 1.165) is 18.9 Å². The molecule has 3 heteroatoms. The minimum absolute atomic E-state index is 0.377. The number of rotatable bonds is 13. The number of unbranched alkanes of at least 4 members (excludes halogenated alkanes) is 2. The molecular formula is C22H41N3. The lowest BCUT2D eigenvalue weighted by molar-refractivity contribution is 0.315. The summed E-state index contributed by atoms with van der Waals surface area (Å²) in [4.78, 5) is 12.0. The van der Waals surface area contributed by atoms with Gasteiger partial charge in [-0.25, -0.2) is 9.97 Å². The van der Waals surface area contributed by atoms with Crippen LogP contribution in [-0.2, 0) is 6.42 Å². The summed E-state index contributed by atoms with van der Waals surface area (Å²) in [6.07, 6.45) is 15.0. The van der Waals surface area contributed by atoms with Gasteiger partial charge in [-0.3, -0.25) is 0 Å². The van der Waals surface area contributed by atoms with E-state index >= 15 is 0 Å². The van der Waals surface area contributed by atoms with E-state index in [0.29, 0.717) is 11.5 Å². The van der Waals surface area contributed by atoms with E-state index in [1.165, 1.54) is 56.9 Å². The quantitative estimate of drug-likeness (QED) is 0.412. The molecule has 0 radical (unpaired) electrons. The molecule has 1 aromatic heterocycles. The second kappa shape index (κ2) is 11.5. The predicted molar refractivity (Wildman–Crippen MR) is 110 cm³/mol. The van der Waals surface area contributed by atoms with Crippen LogP contribution in [0.5, 0.6) is 0 Å². The monoisotopic (exact) mass is 347 g/mol. The number of anilines is 1. The fourth-order valence-corrected chi connectivity index (χ4v) is 3.06. The molecule has 1 aromatic rings. The van der Waals surface area contributed by atoms with Crippen molar-refractivity contribution in [3.8, 4) is 0 Å². The van der Waals surface area contributed by atoms with Crippen LogP contribution >= 0.6 is 0 Å². The van der Waals surface area contributed by atoms with Crippen molar-refractivity contribution in [1.29, 1.82) is 0 Å². The predicted octanol–water partition coefficient (Wildman–Crippen LogP) is 6.42. The molecular weight excluding hydrogens is 306 g/mol. The van der Waals surface area contributed by atoms with Crippen LogP contribution in [-0.4, -0.2) is 22.6 Å². The first kappa shape index (κ1) is 21.9. The van der Waals surface area contributed by atoms with Crippen LogP contribution < -0.4 is 4.90 Å². The van der Waals surface area contributed by atoms with Crippen LogP contribution in [0.4, 0.5) is 5.95 Å². The Kier molecular flexibility index (Phi) is 10.1. The smallest absolute Gasteiger partial charge is 0.225 e. The lowest BCUT2D eigenvalue weighted by Crippen LogP contribution is -2.39. The maximum absolute atomic E-state index is 4.73. The Labute approximate surface area is 156 Å². The Morgan fingerprint density at radius 3 is 1.96 bits per heavy atom. The zero-order valence-electron chi connectivity index (χ0n) is 17.6. The second-order valence-corrected chi connectivity index (χ2v) is 8.14. The molecule has 0 N–H and O–H groups in total. The number of aromatic nitrogens is 2. The van der Waals surface area contributed by atoms with Gasteiger partial charge < -0.3 is 4.90 Å².